The van der Waals surface area contributed by atoms with Crippen LogP contribution < -0.4 is 10.9 Å². The Hall–Kier alpha value is -1.80. The number of nitrogens with zero attached hydrogens (tertiary/aromatic N) is 2. The van der Waals surface area contributed by atoms with E-state index >= 15 is 0 Å². The number of hydrazine groups is 2. The Morgan fingerprint density at radius 3 is 1.50 bits per heavy atom. The Morgan fingerprint density at radius 2 is 1.12 bits per heavy atom. The lowest BCUT2D eigenvalue weighted by Crippen LogP contribution is -2.52. The minimum atomic E-state index is 0.0832. The first kappa shape index (κ1) is 23.4. The first-order chi connectivity index (χ1) is 15.8. The predicted octanol–water partition coefficient (Wildman–Crippen LogP) is 3.70. The average molecular weight is 439 g/mol. The van der Waals surface area contributed by atoms with Gasteiger partial charge >= 0.3 is 0 Å². The van der Waals surface area contributed by atoms with Gasteiger partial charge in [-0.1, -0.05) is 60.7 Å². The molecule has 0 saturated carbocycles. The Morgan fingerprint density at radius 1 is 0.719 bits per heavy atom. The molecule has 6 nitrogen and oxygen atoms in total. The molecule has 6 heteroatoms. The maximum absolute atomic E-state index is 5.52. The van der Waals surface area contributed by atoms with Crippen LogP contribution in [-0.4, -0.2) is 62.6 Å². The molecule has 0 aromatic heterocycles. The molecular weight excluding hydrogens is 400 g/mol. The quantitative estimate of drug-likeness (QED) is 0.558. The van der Waals surface area contributed by atoms with Gasteiger partial charge in [0, 0.05) is 39.4 Å². The summed E-state index contributed by atoms with van der Waals surface area (Å²) in [7, 11) is 3.59. The minimum Gasteiger partial charge on any atom is -0.383 e. The molecule has 32 heavy (non-hydrogen) atoms. The van der Waals surface area contributed by atoms with Crippen LogP contribution in [0.15, 0.2) is 60.7 Å². The molecule has 0 amide bonds. The predicted molar refractivity (Wildman–Crippen MR) is 128 cm³/mol. The third kappa shape index (κ3) is 5.76. The summed E-state index contributed by atoms with van der Waals surface area (Å²) in [6, 6.07) is 22.6. The van der Waals surface area contributed by atoms with Crippen molar-refractivity contribution in [3.8, 4) is 0 Å². The van der Waals surface area contributed by atoms with Crippen molar-refractivity contribution in [3.63, 3.8) is 0 Å². The molecule has 2 aromatic rings. The zero-order valence-electron chi connectivity index (χ0n) is 19.5. The molecule has 0 radical (unpaired) electrons. The largest absolute Gasteiger partial charge is 0.383 e. The van der Waals surface area contributed by atoms with Crippen LogP contribution in [0, 0.1) is 0 Å². The lowest BCUT2D eigenvalue weighted by molar-refractivity contribution is 0.0363. The number of nitrogens with one attached hydrogen (secondary N) is 2. The van der Waals surface area contributed by atoms with Gasteiger partial charge < -0.3 is 9.47 Å². The molecule has 0 aliphatic carbocycles. The summed E-state index contributed by atoms with van der Waals surface area (Å²) in [6.07, 6.45) is 4.70. The molecule has 0 unspecified atom stereocenters. The summed E-state index contributed by atoms with van der Waals surface area (Å²) in [4.78, 5) is 0. The van der Waals surface area contributed by atoms with Gasteiger partial charge in [0.05, 0.1) is 25.3 Å². The van der Waals surface area contributed by atoms with Gasteiger partial charge in [-0.15, -0.1) is 0 Å². The fourth-order valence-electron chi connectivity index (χ4n) is 5.10. The van der Waals surface area contributed by atoms with Crippen LogP contribution in [0.25, 0.3) is 0 Å². The van der Waals surface area contributed by atoms with Crippen LogP contribution in [0.2, 0.25) is 0 Å². The fraction of sp³-hybridized carbons (Fsp3) is 0.538. The maximum Gasteiger partial charge on any atom is 0.0673 e. The fourth-order valence-corrected chi connectivity index (χ4v) is 5.10. The van der Waals surface area contributed by atoms with Crippen LogP contribution >= 0.6 is 0 Å². The average Bonchev–Trinajstić information content (AvgIpc) is 3.47. The molecule has 2 saturated heterocycles. The molecule has 4 atom stereocenters. The number of ether oxygens (including phenoxy) is 2. The number of hydrogen-bond donors (Lipinski definition) is 2. The van der Waals surface area contributed by atoms with E-state index in [1.54, 1.807) is 14.2 Å². The van der Waals surface area contributed by atoms with Crippen LogP contribution in [0.1, 0.15) is 48.9 Å². The minimum absolute atomic E-state index is 0.0832. The van der Waals surface area contributed by atoms with E-state index in [9.17, 15) is 0 Å². The smallest absolute Gasteiger partial charge is 0.0673 e. The van der Waals surface area contributed by atoms with Gasteiger partial charge in [-0.2, -0.15) is 0 Å². The Balaban J connectivity index is 1.65. The molecule has 2 fully saturated rings. The molecule has 174 valence electrons. The number of hydrogen-bond acceptors (Lipinski definition) is 6. The molecule has 2 aromatic carbocycles. The molecule has 2 N–H and O–H groups in total. The van der Waals surface area contributed by atoms with Crippen molar-refractivity contribution in [1.29, 1.82) is 0 Å². The highest BCUT2D eigenvalue weighted by atomic mass is 16.5. The number of methoxy groups -OCH3 is 2. The van der Waals surface area contributed by atoms with E-state index in [2.05, 4.69) is 81.5 Å². The standard InChI is InChI=1S/C26H38N4O2/c1-31-19-23-15-9-17-29(23)27-25(21-11-5-3-6-12-21)26(22-13-7-4-8-14-22)28-30-18-10-16-24(30)20-32-2/h3-8,11-14,23-28H,9-10,15-20H2,1-2H3/t23-,24-,25+,26+/m0/s1. The van der Waals surface area contributed by atoms with Gasteiger partial charge in [0.15, 0.2) is 0 Å². The van der Waals surface area contributed by atoms with E-state index in [1.807, 2.05) is 0 Å². The highest BCUT2D eigenvalue weighted by Crippen LogP contribution is 2.32. The van der Waals surface area contributed by atoms with E-state index in [-0.39, 0.29) is 12.1 Å². The highest BCUT2D eigenvalue weighted by molar-refractivity contribution is 5.27. The first-order valence-corrected chi connectivity index (χ1v) is 11.9. The van der Waals surface area contributed by atoms with Crippen LogP contribution in [-0.2, 0) is 9.47 Å². The van der Waals surface area contributed by atoms with E-state index in [4.69, 9.17) is 9.47 Å². The van der Waals surface area contributed by atoms with E-state index < -0.39 is 0 Å². The van der Waals surface area contributed by atoms with E-state index in [1.165, 1.54) is 24.0 Å². The first-order valence-electron chi connectivity index (χ1n) is 11.9. The van der Waals surface area contributed by atoms with E-state index in [0.717, 1.165) is 39.1 Å². The molecule has 2 aliphatic rings. The van der Waals surface area contributed by atoms with Gasteiger partial charge in [-0.25, -0.2) is 20.9 Å². The third-order valence-electron chi connectivity index (χ3n) is 6.73. The highest BCUT2D eigenvalue weighted by Gasteiger charge is 2.34. The topological polar surface area (TPSA) is 49.0 Å². The Labute approximate surface area is 192 Å². The van der Waals surface area contributed by atoms with Gasteiger partial charge in [0.2, 0.25) is 0 Å². The zero-order chi connectivity index (χ0) is 22.2. The summed E-state index contributed by atoms with van der Waals surface area (Å²) in [6.45, 7) is 3.57. The zero-order valence-corrected chi connectivity index (χ0v) is 19.5. The van der Waals surface area contributed by atoms with Gasteiger partial charge in [0.1, 0.15) is 0 Å². The lowest BCUT2D eigenvalue weighted by Gasteiger charge is -2.38. The Bertz CT molecular complexity index is 723. The second-order valence-electron chi connectivity index (χ2n) is 8.92. The molecular formula is C26H38N4O2. The monoisotopic (exact) mass is 438 g/mol. The van der Waals surface area contributed by atoms with Crippen molar-refractivity contribution in [2.24, 2.45) is 0 Å². The van der Waals surface area contributed by atoms with Gasteiger partial charge in [-0.05, 0) is 36.8 Å². The van der Waals surface area contributed by atoms with Gasteiger partial charge in [-0.3, -0.25) is 0 Å². The molecule has 4 rings (SSSR count). The van der Waals surface area contributed by atoms with Crippen molar-refractivity contribution < 1.29 is 9.47 Å². The van der Waals surface area contributed by atoms with Crippen molar-refractivity contribution in [1.82, 2.24) is 20.9 Å². The third-order valence-corrected chi connectivity index (χ3v) is 6.73. The van der Waals surface area contributed by atoms with Crippen molar-refractivity contribution in [3.05, 3.63) is 71.8 Å². The van der Waals surface area contributed by atoms with Crippen molar-refractivity contribution in [2.45, 2.75) is 49.9 Å². The molecule has 0 spiro atoms. The van der Waals surface area contributed by atoms with Crippen molar-refractivity contribution in [2.75, 3.05) is 40.5 Å². The second kappa shape index (κ2) is 11.9. The number of rotatable bonds is 11. The van der Waals surface area contributed by atoms with Crippen LogP contribution in [0.5, 0.6) is 0 Å². The molecule has 2 aliphatic heterocycles. The summed E-state index contributed by atoms with van der Waals surface area (Å²) < 4.78 is 11.0. The van der Waals surface area contributed by atoms with Crippen LogP contribution in [0.3, 0.4) is 0 Å². The molecule has 0 bridgehead atoms. The van der Waals surface area contributed by atoms with Crippen molar-refractivity contribution >= 4 is 0 Å². The summed E-state index contributed by atoms with van der Waals surface area (Å²) in [5, 5.41) is 4.80. The molecule has 2 heterocycles. The number of benzene rings is 2. The maximum atomic E-state index is 5.52. The van der Waals surface area contributed by atoms with E-state index in [0.29, 0.717) is 12.1 Å². The normalized spacial score (nSPS) is 24.1. The van der Waals surface area contributed by atoms with Gasteiger partial charge in [0.25, 0.3) is 0 Å². The Kier molecular flexibility index (Phi) is 8.68. The summed E-state index contributed by atoms with van der Waals surface area (Å²) in [5.74, 6) is 0. The van der Waals surface area contributed by atoms with Crippen LogP contribution in [0.4, 0.5) is 0 Å². The summed E-state index contributed by atoms with van der Waals surface area (Å²) in [5.41, 5.74) is 10.4. The second-order valence-corrected chi connectivity index (χ2v) is 8.92. The SMILES string of the molecule is COC[C@@H]1CCCN1N[C@H](c1ccccc1)[C@H](NN1CCC[C@H]1COC)c1ccccc1. The lowest BCUT2D eigenvalue weighted by atomic mass is 9.94. The summed E-state index contributed by atoms with van der Waals surface area (Å²) >= 11 is 0.